The molecule has 0 amide bonds. The van der Waals surface area contributed by atoms with Crippen LogP contribution >= 0.6 is 0 Å². The quantitative estimate of drug-likeness (QED) is 0.117. The van der Waals surface area contributed by atoms with Gasteiger partial charge in [-0.1, -0.05) is 142 Å². The number of hydrogen-bond donors (Lipinski definition) is 1. The third kappa shape index (κ3) is 29.1. The van der Waals surface area contributed by atoms with Crippen LogP contribution in [0, 0.1) is 0 Å². The fourth-order valence-corrected chi connectivity index (χ4v) is 4.65. The summed E-state index contributed by atoms with van der Waals surface area (Å²) >= 11 is 0. The second-order valence-electron chi connectivity index (χ2n) is 10.3. The molecule has 0 aliphatic heterocycles. The lowest BCUT2D eigenvalue weighted by Crippen LogP contribution is -1.97. The number of rotatable bonds is 28. The molecule has 0 saturated heterocycles. The van der Waals surface area contributed by atoms with E-state index in [0.29, 0.717) is 12.2 Å². The van der Waals surface area contributed by atoms with Crippen LogP contribution in [0.2, 0.25) is 0 Å². The Kier molecular flexibility index (Phi) is 26.7. The minimum atomic E-state index is -0.681. The summed E-state index contributed by atoms with van der Waals surface area (Å²) in [7, 11) is 0. The van der Waals surface area contributed by atoms with Crippen molar-refractivity contribution in [2.75, 3.05) is 0 Å². The average Bonchev–Trinajstić information content (AvgIpc) is 2.79. The van der Waals surface area contributed by atoms with Gasteiger partial charge in [0.1, 0.15) is 5.78 Å². The molecule has 0 radical (unpaired) electrons. The first-order valence-corrected chi connectivity index (χ1v) is 14.9. The monoisotopic (exact) mass is 466 g/mol. The van der Waals surface area contributed by atoms with Gasteiger partial charge in [0.2, 0.25) is 0 Å². The molecule has 3 nitrogen and oxygen atoms in total. The van der Waals surface area contributed by atoms with Gasteiger partial charge in [0.05, 0.1) is 0 Å². The molecule has 33 heavy (non-hydrogen) atoms. The van der Waals surface area contributed by atoms with Crippen LogP contribution in [0.3, 0.4) is 0 Å². The van der Waals surface area contributed by atoms with E-state index in [4.69, 9.17) is 5.11 Å². The topological polar surface area (TPSA) is 54.4 Å². The van der Waals surface area contributed by atoms with Gasteiger partial charge in [-0.15, -0.1) is 0 Å². The van der Waals surface area contributed by atoms with Crippen LogP contribution < -0.4 is 0 Å². The van der Waals surface area contributed by atoms with E-state index in [9.17, 15) is 9.59 Å². The van der Waals surface area contributed by atoms with E-state index in [-0.39, 0.29) is 0 Å². The number of hydrogen-bond acceptors (Lipinski definition) is 2. The zero-order valence-electron chi connectivity index (χ0n) is 22.4. The molecule has 0 aromatic carbocycles. The van der Waals surface area contributed by atoms with Gasteiger partial charge in [-0.2, -0.15) is 0 Å². The second kappa shape index (κ2) is 27.4. The summed E-state index contributed by atoms with van der Waals surface area (Å²) < 4.78 is 0. The van der Waals surface area contributed by atoms with Crippen molar-refractivity contribution in [3.05, 3.63) is 0 Å². The van der Waals surface area contributed by atoms with E-state index >= 15 is 0 Å². The molecule has 0 rings (SSSR count). The summed E-state index contributed by atoms with van der Waals surface area (Å²) in [5, 5.41) is 8.60. The Morgan fingerprint density at radius 1 is 0.394 bits per heavy atom. The summed E-state index contributed by atoms with van der Waals surface area (Å²) in [6, 6.07) is 0. The Bertz CT molecular complexity index is 419. The van der Waals surface area contributed by atoms with Crippen molar-refractivity contribution in [3.63, 3.8) is 0 Å². The lowest BCUT2D eigenvalue weighted by molar-refractivity contribution is -0.137. The van der Waals surface area contributed by atoms with Crippen LogP contribution in [0.25, 0.3) is 0 Å². The Labute approximate surface area is 206 Å². The molecule has 0 aliphatic rings. The molecule has 1 N–H and O–H groups in total. The molecule has 0 spiro atoms. The van der Waals surface area contributed by atoms with E-state index in [1.54, 1.807) is 0 Å². The maximum atomic E-state index is 12.0. The fraction of sp³-hybridized carbons (Fsp3) is 0.933. The fourth-order valence-electron chi connectivity index (χ4n) is 4.65. The van der Waals surface area contributed by atoms with E-state index in [1.165, 1.54) is 122 Å². The first-order chi connectivity index (χ1) is 16.2. The van der Waals surface area contributed by atoms with Gasteiger partial charge in [0.25, 0.3) is 0 Å². The molecule has 0 aliphatic carbocycles. The Morgan fingerprint density at radius 3 is 0.909 bits per heavy atom. The first-order valence-electron chi connectivity index (χ1n) is 14.9. The number of unbranched alkanes of at least 4 members (excludes halogenated alkanes) is 22. The molecule has 196 valence electrons. The SMILES string of the molecule is CCCCCCCCCCCCCCCCCCC(=O)CCCCCCCCCCC(=O)O. The third-order valence-corrected chi connectivity index (χ3v) is 6.91. The average molecular weight is 467 g/mol. The highest BCUT2D eigenvalue weighted by Crippen LogP contribution is 2.15. The number of carbonyl (C=O) groups is 2. The van der Waals surface area contributed by atoms with Crippen molar-refractivity contribution in [1.82, 2.24) is 0 Å². The van der Waals surface area contributed by atoms with Gasteiger partial charge in [0, 0.05) is 19.3 Å². The zero-order valence-corrected chi connectivity index (χ0v) is 22.4. The molecular formula is C30H58O3. The van der Waals surface area contributed by atoms with Gasteiger partial charge in [-0.3, -0.25) is 9.59 Å². The minimum absolute atomic E-state index is 0.307. The van der Waals surface area contributed by atoms with Gasteiger partial charge in [-0.05, 0) is 19.3 Å². The summed E-state index contributed by atoms with van der Waals surface area (Å²) in [5.74, 6) is -0.215. The van der Waals surface area contributed by atoms with Crippen LogP contribution in [0.4, 0.5) is 0 Å². The smallest absolute Gasteiger partial charge is 0.303 e. The molecule has 0 fully saturated rings. The van der Waals surface area contributed by atoms with Crippen molar-refractivity contribution in [2.24, 2.45) is 0 Å². The third-order valence-electron chi connectivity index (χ3n) is 6.91. The van der Waals surface area contributed by atoms with Crippen molar-refractivity contribution in [2.45, 2.75) is 180 Å². The maximum absolute atomic E-state index is 12.0. The van der Waals surface area contributed by atoms with Gasteiger partial charge < -0.3 is 5.11 Å². The van der Waals surface area contributed by atoms with E-state index < -0.39 is 5.97 Å². The highest BCUT2D eigenvalue weighted by atomic mass is 16.4. The van der Waals surface area contributed by atoms with Crippen LogP contribution in [0.1, 0.15) is 180 Å². The molecule has 0 aromatic heterocycles. The van der Waals surface area contributed by atoms with Crippen molar-refractivity contribution >= 4 is 11.8 Å². The number of ketones is 1. The largest absolute Gasteiger partial charge is 0.481 e. The molecular weight excluding hydrogens is 408 g/mol. The highest BCUT2D eigenvalue weighted by Gasteiger charge is 2.02. The number of carboxylic acid groups (broad SMARTS) is 1. The van der Waals surface area contributed by atoms with Gasteiger partial charge in [0.15, 0.2) is 0 Å². The van der Waals surface area contributed by atoms with Crippen molar-refractivity contribution in [1.29, 1.82) is 0 Å². The number of aliphatic carboxylic acids is 1. The number of carbonyl (C=O) groups excluding carboxylic acids is 1. The molecule has 0 atom stereocenters. The summed E-state index contributed by atoms with van der Waals surface area (Å²) in [6.07, 6.45) is 32.7. The highest BCUT2D eigenvalue weighted by molar-refractivity contribution is 5.78. The Balaban J connectivity index is 3.15. The standard InChI is InChI=1S/C30H58O3/c1-2-3-4-5-6-7-8-9-10-11-12-13-14-17-20-23-26-29(31)27-24-21-18-15-16-19-22-25-28-30(32)33/h2-28H2,1H3,(H,32,33). The molecule has 0 aromatic rings. The van der Waals surface area contributed by atoms with E-state index in [0.717, 1.165) is 44.9 Å². The Morgan fingerprint density at radius 2 is 0.636 bits per heavy atom. The predicted molar refractivity (Wildman–Crippen MR) is 143 cm³/mol. The molecule has 0 saturated carbocycles. The number of carboxylic acids is 1. The van der Waals surface area contributed by atoms with Crippen molar-refractivity contribution in [3.8, 4) is 0 Å². The Hall–Kier alpha value is -0.860. The molecule has 0 unspecified atom stereocenters. The van der Waals surface area contributed by atoms with E-state index in [2.05, 4.69) is 6.92 Å². The molecule has 0 heterocycles. The van der Waals surface area contributed by atoms with Crippen LogP contribution in [0.15, 0.2) is 0 Å². The predicted octanol–water partition coefficient (Wildman–Crippen LogP) is 10.2. The normalized spacial score (nSPS) is 11.2. The van der Waals surface area contributed by atoms with Crippen LogP contribution in [-0.2, 0) is 9.59 Å². The summed E-state index contributed by atoms with van der Waals surface area (Å²) in [4.78, 5) is 22.4. The second-order valence-corrected chi connectivity index (χ2v) is 10.3. The lowest BCUT2D eigenvalue weighted by Gasteiger charge is -2.04. The first kappa shape index (κ1) is 32.1. The lowest BCUT2D eigenvalue weighted by atomic mass is 10.0. The molecule has 0 bridgehead atoms. The maximum Gasteiger partial charge on any atom is 0.303 e. The summed E-state index contributed by atoms with van der Waals surface area (Å²) in [6.45, 7) is 2.28. The van der Waals surface area contributed by atoms with Crippen LogP contribution in [-0.4, -0.2) is 16.9 Å². The number of Topliss-reactive ketones (excluding diaryl/α,β-unsaturated/α-hetero) is 1. The van der Waals surface area contributed by atoms with Gasteiger partial charge >= 0.3 is 5.97 Å². The van der Waals surface area contributed by atoms with Crippen LogP contribution in [0.5, 0.6) is 0 Å². The van der Waals surface area contributed by atoms with E-state index in [1.807, 2.05) is 0 Å². The zero-order chi connectivity index (χ0) is 24.2. The molecule has 3 heteroatoms. The summed E-state index contributed by atoms with van der Waals surface area (Å²) in [5.41, 5.74) is 0. The van der Waals surface area contributed by atoms with Gasteiger partial charge in [-0.25, -0.2) is 0 Å². The minimum Gasteiger partial charge on any atom is -0.481 e. The van der Waals surface area contributed by atoms with Crippen molar-refractivity contribution < 1.29 is 14.7 Å².